The van der Waals surface area contributed by atoms with Gasteiger partial charge >= 0.3 is 0 Å². The van der Waals surface area contributed by atoms with Gasteiger partial charge < -0.3 is 5.11 Å². The van der Waals surface area contributed by atoms with Crippen LogP contribution in [0, 0.1) is 0 Å². The molecule has 1 atom stereocenters. The summed E-state index contributed by atoms with van der Waals surface area (Å²) in [6.07, 6.45) is 2.49. The molecule has 0 unspecified atom stereocenters. The number of piperazine rings is 1. The largest absolute Gasteiger partial charge is 0.395 e. The minimum Gasteiger partial charge on any atom is -0.395 e. The first-order valence-corrected chi connectivity index (χ1v) is 8.68. The third-order valence-electron chi connectivity index (χ3n) is 5.38. The van der Waals surface area contributed by atoms with Gasteiger partial charge in [-0.3, -0.25) is 14.7 Å². The second-order valence-corrected chi connectivity index (χ2v) is 8.05. The van der Waals surface area contributed by atoms with Crippen molar-refractivity contribution in [2.24, 2.45) is 0 Å². The normalized spacial score (nSPS) is 28.4. The Labute approximate surface area is 131 Å². The number of hydrogen-bond donors (Lipinski definition) is 1. The molecule has 1 N–H and O–H groups in total. The summed E-state index contributed by atoms with van der Waals surface area (Å²) in [6, 6.07) is 1.58. The molecule has 0 aromatic rings. The van der Waals surface area contributed by atoms with Gasteiger partial charge in [-0.15, -0.1) is 0 Å². The molecule has 0 saturated carbocycles. The second-order valence-electron chi connectivity index (χ2n) is 8.05. The summed E-state index contributed by atoms with van der Waals surface area (Å²) in [4.78, 5) is 7.70. The SMILES string of the molecule is CC(C)N1CCN(C2CCN(C(C)(C)C)CC2)[C@@H](CO)C1. The maximum Gasteiger partial charge on any atom is 0.0599 e. The minimum absolute atomic E-state index is 0.289. The third kappa shape index (κ3) is 4.19. The van der Waals surface area contributed by atoms with Crippen LogP contribution in [0.25, 0.3) is 0 Å². The summed E-state index contributed by atoms with van der Waals surface area (Å²) in [5.41, 5.74) is 0.289. The fourth-order valence-electron chi connectivity index (χ4n) is 3.87. The van der Waals surface area contributed by atoms with Gasteiger partial charge in [0, 0.05) is 56.4 Å². The number of hydrogen-bond acceptors (Lipinski definition) is 4. The average molecular weight is 297 g/mol. The standard InChI is InChI=1S/C17H35N3O/c1-14(2)18-10-11-20(16(12-18)13-21)15-6-8-19(9-7-15)17(3,4)5/h14-16,21H,6-13H2,1-5H3/t16-/m1/s1. The zero-order valence-electron chi connectivity index (χ0n) is 14.7. The summed E-state index contributed by atoms with van der Waals surface area (Å²) in [5.74, 6) is 0. The third-order valence-corrected chi connectivity index (χ3v) is 5.38. The Morgan fingerprint density at radius 2 is 1.67 bits per heavy atom. The van der Waals surface area contributed by atoms with Gasteiger partial charge in [0.05, 0.1) is 6.61 Å². The van der Waals surface area contributed by atoms with E-state index in [9.17, 15) is 5.11 Å². The van der Waals surface area contributed by atoms with Gasteiger partial charge in [-0.05, 0) is 47.5 Å². The Bertz CT molecular complexity index is 318. The molecule has 0 aromatic heterocycles. The van der Waals surface area contributed by atoms with E-state index < -0.39 is 0 Å². The summed E-state index contributed by atoms with van der Waals surface area (Å²) in [5, 5.41) is 9.79. The van der Waals surface area contributed by atoms with Crippen molar-refractivity contribution < 1.29 is 5.11 Å². The van der Waals surface area contributed by atoms with Crippen LogP contribution in [0.15, 0.2) is 0 Å². The van der Waals surface area contributed by atoms with Crippen molar-refractivity contribution in [2.75, 3.05) is 39.3 Å². The van der Waals surface area contributed by atoms with Crippen LogP contribution in [-0.4, -0.2) is 82.8 Å². The Kier molecular flexibility index (Phi) is 5.69. The number of aliphatic hydroxyl groups excluding tert-OH is 1. The van der Waals surface area contributed by atoms with Gasteiger partial charge in [0.1, 0.15) is 0 Å². The molecule has 0 bridgehead atoms. The van der Waals surface area contributed by atoms with Crippen LogP contribution < -0.4 is 0 Å². The van der Waals surface area contributed by atoms with Gasteiger partial charge in [0.25, 0.3) is 0 Å². The van der Waals surface area contributed by atoms with E-state index in [0.717, 1.165) is 19.6 Å². The first kappa shape index (κ1) is 17.2. The second kappa shape index (κ2) is 6.95. The molecule has 2 saturated heterocycles. The van der Waals surface area contributed by atoms with Crippen molar-refractivity contribution in [1.82, 2.24) is 14.7 Å². The van der Waals surface area contributed by atoms with E-state index in [1.807, 2.05) is 0 Å². The molecule has 2 fully saturated rings. The molecule has 0 aromatic carbocycles. The molecule has 2 aliphatic heterocycles. The van der Waals surface area contributed by atoms with Crippen LogP contribution in [0.5, 0.6) is 0 Å². The van der Waals surface area contributed by atoms with Crippen LogP contribution in [-0.2, 0) is 0 Å². The van der Waals surface area contributed by atoms with Gasteiger partial charge in [-0.25, -0.2) is 0 Å². The molecule has 2 aliphatic rings. The van der Waals surface area contributed by atoms with Crippen LogP contribution in [0.2, 0.25) is 0 Å². The fourth-order valence-corrected chi connectivity index (χ4v) is 3.87. The number of rotatable bonds is 3. The Morgan fingerprint density at radius 3 is 2.14 bits per heavy atom. The molecule has 4 heteroatoms. The quantitative estimate of drug-likeness (QED) is 0.858. The molecule has 2 heterocycles. The predicted octanol–water partition coefficient (Wildman–Crippen LogP) is 1.64. The van der Waals surface area contributed by atoms with Gasteiger partial charge in [-0.2, -0.15) is 0 Å². The summed E-state index contributed by atoms with van der Waals surface area (Å²) in [6.45, 7) is 17.4. The van der Waals surface area contributed by atoms with Crippen molar-refractivity contribution in [3.8, 4) is 0 Å². The molecule has 2 rings (SSSR count). The van der Waals surface area contributed by atoms with Gasteiger partial charge in [0.15, 0.2) is 0 Å². The van der Waals surface area contributed by atoms with E-state index in [2.05, 4.69) is 49.3 Å². The fraction of sp³-hybridized carbons (Fsp3) is 1.00. The molecule has 124 valence electrons. The highest BCUT2D eigenvalue weighted by molar-refractivity contribution is 4.91. The summed E-state index contributed by atoms with van der Waals surface area (Å²) >= 11 is 0. The van der Waals surface area contributed by atoms with Crippen LogP contribution >= 0.6 is 0 Å². The maximum absolute atomic E-state index is 9.79. The van der Waals surface area contributed by atoms with E-state index in [0.29, 0.717) is 24.7 Å². The monoisotopic (exact) mass is 297 g/mol. The molecular formula is C17H35N3O. The zero-order chi connectivity index (χ0) is 15.6. The molecule has 21 heavy (non-hydrogen) atoms. The van der Waals surface area contributed by atoms with Gasteiger partial charge in [-0.1, -0.05) is 0 Å². The minimum atomic E-state index is 0.289. The van der Waals surface area contributed by atoms with Crippen molar-refractivity contribution in [3.05, 3.63) is 0 Å². The maximum atomic E-state index is 9.79. The van der Waals surface area contributed by atoms with E-state index in [1.165, 1.54) is 25.9 Å². The zero-order valence-corrected chi connectivity index (χ0v) is 14.7. The van der Waals surface area contributed by atoms with E-state index in [4.69, 9.17) is 0 Å². The topological polar surface area (TPSA) is 30.0 Å². The number of likely N-dealkylation sites (tertiary alicyclic amines) is 1. The molecule has 4 nitrogen and oxygen atoms in total. The molecule has 0 spiro atoms. The molecule has 0 aliphatic carbocycles. The molecule has 0 radical (unpaired) electrons. The van der Waals surface area contributed by atoms with E-state index in [1.54, 1.807) is 0 Å². The van der Waals surface area contributed by atoms with Crippen LogP contribution in [0.3, 0.4) is 0 Å². The highest BCUT2D eigenvalue weighted by Gasteiger charge is 2.35. The van der Waals surface area contributed by atoms with E-state index >= 15 is 0 Å². The van der Waals surface area contributed by atoms with E-state index in [-0.39, 0.29) is 5.54 Å². The lowest BCUT2D eigenvalue weighted by Crippen LogP contribution is -2.61. The number of aliphatic hydroxyl groups is 1. The Balaban J connectivity index is 1.91. The lowest BCUT2D eigenvalue weighted by atomic mass is 9.95. The van der Waals surface area contributed by atoms with Crippen molar-refractivity contribution in [3.63, 3.8) is 0 Å². The average Bonchev–Trinajstić information content (AvgIpc) is 2.45. The lowest BCUT2D eigenvalue weighted by Gasteiger charge is -2.49. The number of nitrogens with zero attached hydrogens (tertiary/aromatic N) is 3. The van der Waals surface area contributed by atoms with Crippen molar-refractivity contribution >= 4 is 0 Å². The van der Waals surface area contributed by atoms with Crippen LogP contribution in [0.4, 0.5) is 0 Å². The van der Waals surface area contributed by atoms with Crippen molar-refractivity contribution in [2.45, 2.75) is 71.1 Å². The first-order valence-electron chi connectivity index (χ1n) is 8.68. The summed E-state index contributed by atoms with van der Waals surface area (Å²) < 4.78 is 0. The van der Waals surface area contributed by atoms with Crippen LogP contribution in [0.1, 0.15) is 47.5 Å². The first-order chi connectivity index (χ1) is 9.82. The van der Waals surface area contributed by atoms with Gasteiger partial charge in [0.2, 0.25) is 0 Å². The smallest absolute Gasteiger partial charge is 0.0599 e. The molecule has 0 amide bonds. The lowest BCUT2D eigenvalue weighted by molar-refractivity contribution is -0.0245. The number of piperidine rings is 1. The highest BCUT2D eigenvalue weighted by atomic mass is 16.3. The highest BCUT2D eigenvalue weighted by Crippen LogP contribution is 2.26. The Morgan fingerprint density at radius 1 is 1.05 bits per heavy atom. The molecular weight excluding hydrogens is 262 g/mol. The Hall–Kier alpha value is -0.160. The summed E-state index contributed by atoms with van der Waals surface area (Å²) in [7, 11) is 0. The van der Waals surface area contributed by atoms with Crippen molar-refractivity contribution in [1.29, 1.82) is 0 Å². The predicted molar refractivity (Wildman–Crippen MR) is 88.6 cm³/mol.